The normalized spacial score (nSPS) is 10.9. The first-order valence-electron chi connectivity index (χ1n) is 5.55. The number of ether oxygens (including phenoxy) is 1. The molecule has 0 unspecified atom stereocenters. The van der Waals surface area contributed by atoms with Crippen molar-refractivity contribution in [1.29, 1.82) is 0 Å². The highest BCUT2D eigenvalue weighted by Gasteiger charge is 2.28. The summed E-state index contributed by atoms with van der Waals surface area (Å²) in [6, 6.07) is 0. The fourth-order valence-corrected chi connectivity index (χ4v) is 2.54. The van der Waals surface area contributed by atoms with Gasteiger partial charge >= 0.3 is 13.6 Å². The van der Waals surface area contributed by atoms with Crippen LogP contribution < -0.4 is 0 Å². The van der Waals surface area contributed by atoms with Gasteiger partial charge in [0.15, 0.2) is 0 Å². The van der Waals surface area contributed by atoms with Crippen molar-refractivity contribution < 1.29 is 23.1 Å². The fraction of sp³-hybridized carbons (Fsp3) is 0.727. The first-order valence-corrected chi connectivity index (χ1v) is 7.28. The summed E-state index contributed by atoms with van der Waals surface area (Å²) in [4.78, 5) is 11.4. The number of unbranched alkanes of at least 4 members (excludes halogenated alkanes) is 1. The molecule has 0 spiro atoms. The Labute approximate surface area is 102 Å². The van der Waals surface area contributed by atoms with Gasteiger partial charge in [0.05, 0.1) is 19.8 Å². The van der Waals surface area contributed by atoms with Crippen molar-refractivity contribution in [3.05, 3.63) is 0 Å². The van der Waals surface area contributed by atoms with Gasteiger partial charge in [0.1, 0.15) is 6.16 Å². The van der Waals surface area contributed by atoms with Gasteiger partial charge in [-0.25, -0.2) is 0 Å². The van der Waals surface area contributed by atoms with Crippen LogP contribution in [0, 0.1) is 12.3 Å². The lowest BCUT2D eigenvalue weighted by Crippen LogP contribution is -2.13. The van der Waals surface area contributed by atoms with Gasteiger partial charge < -0.3 is 13.8 Å². The molecule has 0 N–H and O–H groups in total. The van der Waals surface area contributed by atoms with Crippen LogP contribution >= 0.6 is 7.60 Å². The van der Waals surface area contributed by atoms with E-state index in [0.29, 0.717) is 12.8 Å². The third-order valence-corrected chi connectivity index (χ3v) is 3.65. The van der Waals surface area contributed by atoms with Crippen LogP contribution in [-0.2, 0) is 23.1 Å². The van der Waals surface area contributed by atoms with Crippen LogP contribution in [0.15, 0.2) is 0 Å². The lowest BCUT2D eigenvalue weighted by atomic mass is 10.3. The average Bonchev–Trinajstić information content (AvgIpc) is 2.24. The van der Waals surface area contributed by atoms with E-state index in [9.17, 15) is 9.36 Å². The number of hydrogen-bond acceptors (Lipinski definition) is 5. The maximum atomic E-state index is 11.9. The minimum atomic E-state index is -3.35. The molecule has 0 aliphatic carbocycles. The summed E-state index contributed by atoms with van der Waals surface area (Å²) in [5.41, 5.74) is 0. The number of carbonyl (C=O) groups is 1. The van der Waals surface area contributed by atoms with E-state index in [0.717, 1.165) is 0 Å². The summed E-state index contributed by atoms with van der Waals surface area (Å²) in [7, 11) is -3.35. The second-order valence-corrected chi connectivity index (χ2v) is 5.19. The quantitative estimate of drug-likeness (QED) is 0.276. The van der Waals surface area contributed by atoms with Crippen molar-refractivity contribution >= 4 is 13.6 Å². The van der Waals surface area contributed by atoms with Crippen molar-refractivity contribution in [3.63, 3.8) is 0 Å². The molecule has 0 aromatic heterocycles. The Kier molecular flexibility index (Phi) is 8.79. The first kappa shape index (κ1) is 16.2. The van der Waals surface area contributed by atoms with E-state index in [1.165, 1.54) is 0 Å². The Bertz CT molecular complexity index is 297. The second kappa shape index (κ2) is 9.23. The third-order valence-electron chi connectivity index (χ3n) is 1.70. The Hall–Kier alpha value is -0.820. The molecule has 98 valence electrons. The van der Waals surface area contributed by atoms with Crippen molar-refractivity contribution in [1.82, 2.24) is 0 Å². The zero-order chi connectivity index (χ0) is 13.1. The molecule has 0 aliphatic rings. The van der Waals surface area contributed by atoms with E-state index in [1.807, 2.05) is 0 Å². The molecule has 0 amide bonds. The van der Waals surface area contributed by atoms with Gasteiger partial charge in [-0.15, -0.1) is 12.3 Å². The predicted octanol–water partition coefficient (Wildman–Crippen LogP) is 2.21. The number of esters is 1. The zero-order valence-electron chi connectivity index (χ0n) is 10.3. The summed E-state index contributed by atoms with van der Waals surface area (Å²) in [6.45, 7) is 4.04. The summed E-state index contributed by atoms with van der Waals surface area (Å²) < 4.78 is 26.7. The van der Waals surface area contributed by atoms with E-state index in [-0.39, 0.29) is 26.0 Å². The molecule has 0 aromatic carbocycles. The van der Waals surface area contributed by atoms with Gasteiger partial charge in [-0.1, -0.05) is 0 Å². The number of terminal acetylenes is 1. The number of carbonyl (C=O) groups excluding carboxylic acids is 1. The topological polar surface area (TPSA) is 61.8 Å². The van der Waals surface area contributed by atoms with Crippen LogP contribution in [0.5, 0.6) is 0 Å². The van der Waals surface area contributed by atoms with Crippen LogP contribution in [0.3, 0.4) is 0 Å². The summed E-state index contributed by atoms with van der Waals surface area (Å²) in [6.07, 6.45) is 5.83. The maximum Gasteiger partial charge on any atom is 0.341 e. The Morgan fingerprint density at radius 3 is 2.35 bits per heavy atom. The molecule has 0 atom stereocenters. The highest BCUT2D eigenvalue weighted by atomic mass is 31.2. The molecule has 5 nitrogen and oxygen atoms in total. The molecule has 0 rings (SSSR count). The lowest BCUT2D eigenvalue weighted by molar-refractivity contribution is -0.140. The number of rotatable bonds is 9. The van der Waals surface area contributed by atoms with E-state index in [2.05, 4.69) is 5.92 Å². The van der Waals surface area contributed by atoms with Crippen LogP contribution in [-0.4, -0.2) is 32.0 Å². The highest BCUT2D eigenvalue weighted by Crippen LogP contribution is 2.47. The monoisotopic (exact) mass is 262 g/mol. The Balaban J connectivity index is 4.05. The molecule has 0 aliphatic heterocycles. The largest absolute Gasteiger partial charge is 0.465 e. The van der Waals surface area contributed by atoms with E-state index in [4.69, 9.17) is 20.2 Å². The SMILES string of the molecule is C#CCCCOC(=O)CP(=O)(OCC)OCC. The standard InChI is InChI=1S/C11H19O5P/c1-4-7-8-9-14-11(12)10-17(13,15-5-2)16-6-3/h1H,5-10H2,2-3H3. The molecule has 0 fully saturated rings. The smallest absolute Gasteiger partial charge is 0.341 e. The summed E-state index contributed by atoms with van der Waals surface area (Å²) in [5, 5.41) is 0. The molecular weight excluding hydrogens is 243 g/mol. The minimum absolute atomic E-state index is 0.223. The van der Waals surface area contributed by atoms with E-state index < -0.39 is 13.6 Å². The van der Waals surface area contributed by atoms with Crippen LogP contribution in [0.1, 0.15) is 26.7 Å². The maximum absolute atomic E-state index is 11.9. The molecule has 0 aromatic rings. The van der Waals surface area contributed by atoms with E-state index >= 15 is 0 Å². The molecule has 17 heavy (non-hydrogen) atoms. The van der Waals surface area contributed by atoms with Gasteiger partial charge in [0.25, 0.3) is 0 Å². The molecule has 0 saturated carbocycles. The molecule has 0 heterocycles. The second-order valence-electron chi connectivity index (χ2n) is 3.13. The predicted molar refractivity (Wildman–Crippen MR) is 64.8 cm³/mol. The van der Waals surface area contributed by atoms with Gasteiger partial charge in [-0.3, -0.25) is 9.36 Å². The molecule has 0 saturated heterocycles. The summed E-state index contributed by atoms with van der Waals surface area (Å²) >= 11 is 0. The lowest BCUT2D eigenvalue weighted by Gasteiger charge is -2.15. The van der Waals surface area contributed by atoms with Crippen molar-refractivity contribution in [2.45, 2.75) is 26.7 Å². The molecule has 0 bridgehead atoms. The first-order chi connectivity index (χ1) is 8.08. The number of hydrogen-bond donors (Lipinski definition) is 0. The van der Waals surface area contributed by atoms with Crippen molar-refractivity contribution in [2.75, 3.05) is 26.0 Å². The van der Waals surface area contributed by atoms with E-state index in [1.54, 1.807) is 13.8 Å². The van der Waals surface area contributed by atoms with Crippen molar-refractivity contribution in [3.8, 4) is 12.3 Å². The highest BCUT2D eigenvalue weighted by molar-refractivity contribution is 7.54. The summed E-state index contributed by atoms with van der Waals surface area (Å²) in [5.74, 6) is 1.84. The van der Waals surface area contributed by atoms with Gasteiger partial charge in [0, 0.05) is 6.42 Å². The van der Waals surface area contributed by atoms with Gasteiger partial charge in [-0.05, 0) is 20.3 Å². The van der Waals surface area contributed by atoms with Crippen molar-refractivity contribution in [2.24, 2.45) is 0 Å². The van der Waals surface area contributed by atoms with Gasteiger partial charge in [-0.2, -0.15) is 0 Å². The van der Waals surface area contributed by atoms with Crippen LogP contribution in [0.25, 0.3) is 0 Å². The molecular formula is C11H19O5P. The van der Waals surface area contributed by atoms with Gasteiger partial charge in [0.2, 0.25) is 0 Å². The average molecular weight is 262 g/mol. The Morgan fingerprint density at radius 1 is 1.29 bits per heavy atom. The molecule has 0 radical (unpaired) electrons. The fourth-order valence-electron chi connectivity index (χ4n) is 1.09. The minimum Gasteiger partial charge on any atom is -0.465 e. The molecule has 6 heteroatoms. The Morgan fingerprint density at radius 2 is 1.88 bits per heavy atom. The van der Waals surface area contributed by atoms with Crippen LogP contribution in [0.4, 0.5) is 0 Å². The zero-order valence-corrected chi connectivity index (χ0v) is 11.2. The van der Waals surface area contributed by atoms with Crippen LogP contribution in [0.2, 0.25) is 0 Å². The third kappa shape index (κ3) is 7.98.